The third-order valence-corrected chi connectivity index (χ3v) is 3.87. The molecule has 0 spiro atoms. The first-order chi connectivity index (χ1) is 10.5. The van der Waals surface area contributed by atoms with E-state index in [0.29, 0.717) is 6.54 Å². The van der Waals surface area contributed by atoms with Crippen LogP contribution in [-0.4, -0.2) is 59.7 Å². The smallest absolute Gasteiger partial charge is 0.284 e. The molecule has 0 aliphatic carbocycles. The van der Waals surface area contributed by atoms with Gasteiger partial charge in [0.25, 0.3) is 5.91 Å². The highest BCUT2D eigenvalue weighted by atomic mass is 16.2. The number of carbonyl (C=O) groups is 2. The van der Waals surface area contributed by atoms with Crippen LogP contribution in [0.25, 0.3) is 0 Å². The lowest BCUT2D eigenvalue weighted by atomic mass is 10.2. The van der Waals surface area contributed by atoms with Crippen LogP contribution in [0.3, 0.4) is 0 Å². The van der Waals surface area contributed by atoms with E-state index in [1.807, 2.05) is 6.92 Å². The monoisotopic (exact) mass is 311 g/mol. The Hall–Kier alpha value is -1.47. The zero-order valence-electron chi connectivity index (χ0n) is 14.2. The summed E-state index contributed by atoms with van der Waals surface area (Å²) in [6.07, 6.45) is 1.86. The molecule has 0 saturated heterocycles. The third kappa shape index (κ3) is 5.73. The fourth-order valence-electron chi connectivity index (χ4n) is 2.21. The SMILES string of the molecule is CCC(C)NN(CCCN(CC)CC)C(=O)C1=NNC(=O)C1. The van der Waals surface area contributed by atoms with E-state index in [0.717, 1.165) is 32.5 Å². The van der Waals surface area contributed by atoms with E-state index in [9.17, 15) is 9.59 Å². The average molecular weight is 311 g/mol. The van der Waals surface area contributed by atoms with Crippen LogP contribution in [0.4, 0.5) is 0 Å². The maximum atomic E-state index is 12.5. The molecule has 7 nitrogen and oxygen atoms in total. The highest BCUT2D eigenvalue weighted by Crippen LogP contribution is 2.03. The molecule has 1 heterocycles. The number of rotatable bonds is 10. The lowest BCUT2D eigenvalue weighted by molar-refractivity contribution is -0.128. The third-order valence-electron chi connectivity index (χ3n) is 3.87. The first-order valence-corrected chi connectivity index (χ1v) is 8.17. The van der Waals surface area contributed by atoms with Gasteiger partial charge in [-0.2, -0.15) is 5.10 Å². The molecular weight excluding hydrogens is 282 g/mol. The number of hydrogen-bond acceptors (Lipinski definition) is 5. The molecule has 1 unspecified atom stereocenters. The Labute approximate surface area is 133 Å². The van der Waals surface area contributed by atoms with Crippen molar-refractivity contribution in [3.63, 3.8) is 0 Å². The van der Waals surface area contributed by atoms with Crippen LogP contribution < -0.4 is 10.9 Å². The molecular formula is C15H29N5O2. The van der Waals surface area contributed by atoms with Crippen molar-refractivity contribution in [2.75, 3.05) is 26.2 Å². The Morgan fingerprint density at radius 2 is 2.00 bits per heavy atom. The van der Waals surface area contributed by atoms with E-state index in [-0.39, 0.29) is 30.0 Å². The maximum Gasteiger partial charge on any atom is 0.284 e. The van der Waals surface area contributed by atoms with Gasteiger partial charge in [-0.15, -0.1) is 0 Å². The summed E-state index contributed by atoms with van der Waals surface area (Å²) in [6.45, 7) is 11.9. The van der Waals surface area contributed by atoms with Crippen molar-refractivity contribution in [2.24, 2.45) is 5.10 Å². The van der Waals surface area contributed by atoms with E-state index in [1.54, 1.807) is 5.01 Å². The number of amides is 2. The topological polar surface area (TPSA) is 77.0 Å². The van der Waals surface area contributed by atoms with Crippen LogP contribution >= 0.6 is 0 Å². The van der Waals surface area contributed by atoms with E-state index < -0.39 is 0 Å². The van der Waals surface area contributed by atoms with Gasteiger partial charge in [-0.25, -0.2) is 10.9 Å². The van der Waals surface area contributed by atoms with E-state index in [4.69, 9.17) is 0 Å². The van der Waals surface area contributed by atoms with Crippen molar-refractivity contribution >= 4 is 17.5 Å². The number of carbonyl (C=O) groups excluding carboxylic acids is 2. The molecule has 0 aromatic heterocycles. The molecule has 2 N–H and O–H groups in total. The van der Waals surface area contributed by atoms with E-state index >= 15 is 0 Å². The van der Waals surface area contributed by atoms with Crippen LogP contribution in [-0.2, 0) is 9.59 Å². The first kappa shape index (κ1) is 18.6. The molecule has 0 saturated carbocycles. The summed E-state index contributed by atoms with van der Waals surface area (Å²) in [5.41, 5.74) is 5.83. The van der Waals surface area contributed by atoms with Crippen molar-refractivity contribution in [1.82, 2.24) is 20.8 Å². The quantitative estimate of drug-likeness (QED) is 0.583. The number of nitrogens with zero attached hydrogens (tertiary/aromatic N) is 3. The molecule has 0 aromatic rings. The minimum absolute atomic E-state index is 0.0631. The Balaban J connectivity index is 2.59. The summed E-state index contributed by atoms with van der Waals surface area (Å²) in [6, 6.07) is 0.197. The molecule has 0 fully saturated rings. The predicted octanol–water partition coefficient (Wildman–Crippen LogP) is 0.726. The Morgan fingerprint density at radius 1 is 1.32 bits per heavy atom. The minimum Gasteiger partial charge on any atom is -0.304 e. The summed E-state index contributed by atoms with van der Waals surface area (Å²) in [5, 5.41) is 5.43. The van der Waals surface area contributed by atoms with Gasteiger partial charge in [0.15, 0.2) is 0 Å². The minimum atomic E-state index is -0.227. The normalized spacial score (nSPS) is 15.7. The predicted molar refractivity (Wildman–Crippen MR) is 87.2 cm³/mol. The highest BCUT2D eigenvalue weighted by Gasteiger charge is 2.26. The second-order valence-electron chi connectivity index (χ2n) is 5.55. The molecule has 0 bridgehead atoms. The number of nitrogens with one attached hydrogen (secondary N) is 2. The van der Waals surface area contributed by atoms with Crippen LogP contribution in [0.5, 0.6) is 0 Å². The Kier molecular flexibility index (Phi) is 8.05. The zero-order valence-corrected chi connectivity index (χ0v) is 14.2. The van der Waals surface area contributed by atoms with Gasteiger partial charge in [-0.05, 0) is 39.4 Å². The van der Waals surface area contributed by atoms with Crippen LogP contribution in [0.2, 0.25) is 0 Å². The van der Waals surface area contributed by atoms with Gasteiger partial charge < -0.3 is 4.90 Å². The lowest BCUT2D eigenvalue weighted by Crippen LogP contribution is -2.50. The highest BCUT2D eigenvalue weighted by molar-refractivity contribution is 6.42. The first-order valence-electron chi connectivity index (χ1n) is 8.17. The summed E-state index contributed by atoms with van der Waals surface area (Å²) in [4.78, 5) is 26.0. The van der Waals surface area contributed by atoms with Crippen LogP contribution in [0, 0.1) is 0 Å². The standard InChI is InChI=1S/C15H29N5O2/c1-5-12(4)18-20(10-8-9-19(6-2)7-3)15(22)13-11-14(21)17-16-13/h12,18H,5-11H2,1-4H3,(H,17,21). The summed E-state index contributed by atoms with van der Waals surface area (Å²) >= 11 is 0. The Morgan fingerprint density at radius 3 is 2.50 bits per heavy atom. The molecule has 22 heavy (non-hydrogen) atoms. The Bertz CT molecular complexity index is 407. The van der Waals surface area contributed by atoms with Crippen LogP contribution in [0.15, 0.2) is 5.10 Å². The molecule has 126 valence electrons. The molecule has 2 amide bonds. The molecule has 7 heteroatoms. The lowest BCUT2D eigenvalue weighted by Gasteiger charge is -2.27. The van der Waals surface area contributed by atoms with E-state index in [1.165, 1.54) is 0 Å². The molecule has 1 atom stereocenters. The van der Waals surface area contributed by atoms with Gasteiger partial charge >= 0.3 is 0 Å². The average Bonchev–Trinajstić information content (AvgIpc) is 2.96. The molecule has 1 aliphatic heterocycles. The summed E-state index contributed by atoms with van der Waals surface area (Å²) in [7, 11) is 0. The number of hydrogen-bond donors (Lipinski definition) is 2. The molecule has 1 aliphatic rings. The van der Waals surface area contributed by atoms with Crippen molar-refractivity contribution in [3.05, 3.63) is 0 Å². The van der Waals surface area contributed by atoms with Gasteiger partial charge in [0, 0.05) is 12.6 Å². The molecule has 1 rings (SSSR count). The van der Waals surface area contributed by atoms with E-state index in [2.05, 4.69) is 41.6 Å². The van der Waals surface area contributed by atoms with Gasteiger partial charge in [0.1, 0.15) is 5.71 Å². The molecule has 0 aromatic carbocycles. The number of hydrazone groups is 1. The second kappa shape index (κ2) is 9.53. The number of hydrazine groups is 1. The van der Waals surface area contributed by atoms with Crippen molar-refractivity contribution in [2.45, 2.75) is 53.0 Å². The fourth-order valence-corrected chi connectivity index (χ4v) is 2.21. The second-order valence-corrected chi connectivity index (χ2v) is 5.55. The van der Waals surface area contributed by atoms with Crippen molar-refractivity contribution in [3.8, 4) is 0 Å². The maximum absolute atomic E-state index is 12.5. The van der Waals surface area contributed by atoms with Crippen LogP contribution in [0.1, 0.15) is 47.0 Å². The largest absolute Gasteiger partial charge is 0.304 e. The molecule has 0 radical (unpaired) electrons. The zero-order chi connectivity index (χ0) is 16.5. The summed E-state index contributed by atoms with van der Waals surface area (Å²) < 4.78 is 0. The fraction of sp³-hybridized carbons (Fsp3) is 0.800. The summed E-state index contributed by atoms with van der Waals surface area (Å²) in [5.74, 6) is -0.437. The van der Waals surface area contributed by atoms with Crippen molar-refractivity contribution in [1.29, 1.82) is 0 Å². The van der Waals surface area contributed by atoms with Crippen molar-refractivity contribution < 1.29 is 9.59 Å². The van der Waals surface area contributed by atoms with Gasteiger partial charge in [-0.1, -0.05) is 20.8 Å². The van der Waals surface area contributed by atoms with Gasteiger partial charge in [-0.3, -0.25) is 14.6 Å². The van der Waals surface area contributed by atoms with Gasteiger partial charge in [0.05, 0.1) is 6.42 Å². The van der Waals surface area contributed by atoms with Gasteiger partial charge in [0.2, 0.25) is 5.91 Å².